The minimum atomic E-state index is -0.0834. The van der Waals surface area contributed by atoms with E-state index in [1.165, 1.54) is 7.11 Å². The van der Waals surface area contributed by atoms with Crippen molar-refractivity contribution in [1.82, 2.24) is 9.88 Å². The molecular formula is C14H21N3O3. The van der Waals surface area contributed by atoms with E-state index in [0.29, 0.717) is 24.5 Å². The van der Waals surface area contributed by atoms with E-state index in [2.05, 4.69) is 4.98 Å². The number of rotatable bonds is 4. The summed E-state index contributed by atoms with van der Waals surface area (Å²) in [7, 11) is 3.20. The van der Waals surface area contributed by atoms with Gasteiger partial charge in [-0.15, -0.1) is 0 Å². The van der Waals surface area contributed by atoms with Crippen LogP contribution < -0.4 is 10.5 Å². The molecule has 2 rings (SSSR count). The number of likely N-dealkylation sites (tertiary alicyclic amines) is 1. The van der Waals surface area contributed by atoms with Crippen molar-refractivity contribution in [2.75, 3.05) is 27.3 Å². The van der Waals surface area contributed by atoms with Gasteiger partial charge in [-0.25, -0.2) is 4.98 Å². The smallest absolute Gasteiger partial charge is 0.259 e. The first-order valence-electron chi connectivity index (χ1n) is 6.74. The SMILES string of the molecule is COc1ncccc1C(=O)N1CCC(OC)CC1CN. The van der Waals surface area contributed by atoms with Crippen molar-refractivity contribution in [3.63, 3.8) is 0 Å². The molecule has 1 saturated heterocycles. The Labute approximate surface area is 118 Å². The van der Waals surface area contributed by atoms with Crippen molar-refractivity contribution < 1.29 is 14.3 Å². The number of amides is 1. The maximum atomic E-state index is 12.7. The first-order chi connectivity index (χ1) is 9.71. The largest absolute Gasteiger partial charge is 0.480 e. The maximum Gasteiger partial charge on any atom is 0.259 e. The second-order valence-electron chi connectivity index (χ2n) is 4.83. The molecule has 0 bridgehead atoms. The molecular weight excluding hydrogens is 258 g/mol. The summed E-state index contributed by atoms with van der Waals surface area (Å²) >= 11 is 0. The molecule has 6 heteroatoms. The van der Waals surface area contributed by atoms with E-state index >= 15 is 0 Å². The van der Waals surface area contributed by atoms with E-state index in [1.807, 2.05) is 0 Å². The molecule has 1 fully saturated rings. The van der Waals surface area contributed by atoms with E-state index in [0.717, 1.165) is 12.8 Å². The van der Waals surface area contributed by atoms with Crippen LogP contribution in [-0.2, 0) is 4.74 Å². The van der Waals surface area contributed by atoms with Crippen molar-refractivity contribution in [2.45, 2.75) is 25.0 Å². The van der Waals surface area contributed by atoms with Crippen molar-refractivity contribution in [2.24, 2.45) is 5.73 Å². The van der Waals surface area contributed by atoms with Crippen LogP contribution in [0.5, 0.6) is 5.88 Å². The van der Waals surface area contributed by atoms with E-state index in [9.17, 15) is 4.79 Å². The summed E-state index contributed by atoms with van der Waals surface area (Å²) in [5.74, 6) is 0.266. The lowest BCUT2D eigenvalue weighted by atomic mass is 9.98. The molecule has 0 saturated carbocycles. The molecule has 1 amide bonds. The Morgan fingerprint density at radius 1 is 1.55 bits per heavy atom. The summed E-state index contributed by atoms with van der Waals surface area (Å²) < 4.78 is 10.5. The highest BCUT2D eigenvalue weighted by atomic mass is 16.5. The van der Waals surface area contributed by atoms with Crippen LogP contribution in [-0.4, -0.2) is 55.2 Å². The number of nitrogens with two attached hydrogens (primary N) is 1. The molecule has 2 atom stereocenters. The molecule has 2 heterocycles. The number of aromatic nitrogens is 1. The molecule has 0 spiro atoms. The Hall–Kier alpha value is -1.66. The zero-order chi connectivity index (χ0) is 14.5. The van der Waals surface area contributed by atoms with Crippen molar-refractivity contribution in [3.8, 4) is 5.88 Å². The van der Waals surface area contributed by atoms with Crippen molar-refractivity contribution >= 4 is 5.91 Å². The number of pyridine rings is 1. The number of carbonyl (C=O) groups is 1. The number of hydrogen-bond donors (Lipinski definition) is 1. The predicted octanol–water partition coefficient (Wildman–Crippen LogP) is 0.669. The highest BCUT2D eigenvalue weighted by Crippen LogP contribution is 2.24. The Bertz CT molecular complexity index is 467. The summed E-state index contributed by atoms with van der Waals surface area (Å²) in [4.78, 5) is 18.5. The Morgan fingerprint density at radius 3 is 3.00 bits per heavy atom. The molecule has 0 aliphatic carbocycles. The van der Waals surface area contributed by atoms with Gasteiger partial charge in [-0.1, -0.05) is 0 Å². The van der Waals surface area contributed by atoms with Crippen LogP contribution in [0.3, 0.4) is 0 Å². The monoisotopic (exact) mass is 279 g/mol. The number of nitrogens with zero attached hydrogens (tertiary/aromatic N) is 2. The van der Waals surface area contributed by atoms with Gasteiger partial charge in [0, 0.05) is 32.4 Å². The van der Waals surface area contributed by atoms with Crippen LogP contribution in [0.4, 0.5) is 0 Å². The zero-order valence-electron chi connectivity index (χ0n) is 11.9. The second kappa shape index (κ2) is 6.67. The predicted molar refractivity (Wildman–Crippen MR) is 74.7 cm³/mol. The van der Waals surface area contributed by atoms with Gasteiger partial charge < -0.3 is 20.1 Å². The summed E-state index contributed by atoms with van der Waals surface area (Å²) in [6, 6.07) is 3.45. The average molecular weight is 279 g/mol. The first kappa shape index (κ1) is 14.7. The number of hydrogen-bond acceptors (Lipinski definition) is 5. The molecule has 20 heavy (non-hydrogen) atoms. The summed E-state index contributed by atoms with van der Waals surface area (Å²) in [5.41, 5.74) is 6.28. The van der Waals surface area contributed by atoms with Crippen LogP contribution in [0.25, 0.3) is 0 Å². The van der Waals surface area contributed by atoms with E-state index in [1.54, 1.807) is 30.3 Å². The average Bonchev–Trinajstić information content (AvgIpc) is 2.53. The molecule has 1 aromatic rings. The third-order valence-electron chi connectivity index (χ3n) is 3.73. The van der Waals surface area contributed by atoms with Gasteiger partial charge in [0.05, 0.1) is 13.2 Å². The minimum Gasteiger partial charge on any atom is -0.480 e. The topological polar surface area (TPSA) is 77.7 Å². The Morgan fingerprint density at radius 2 is 2.35 bits per heavy atom. The number of ether oxygens (including phenoxy) is 2. The summed E-state index contributed by atoms with van der Waals surface area (Å²) in [5, 5.41) is 0. The minimum absolute atomic E-state index is 0.00823. The molecule has 0 radical (unpaired) electrons. The zero-order valence-corrected chi connectivity index (χ0v) is 11.9. The number of methoxy groups -OCH3 is 2. The third-order valence-corrected chi connectivity index (χ3v) is 3.73. The van der Waals surface area contributed by atoms with Crippen LogP contribution in [0.15, 0.2) is 18.3 Å². The van der Waals surface area contributed by atoms with E-state index < -0.39 is 0 Å². The maximum absolute atomic E-state index is 12.7. The van der Waals surface area contributed by atoms with Gasteiger partial charge in [0.1, 0.15) is 5.56 Å². The molecule has 1 aliphatic rings. The fourth-order valence-corrected chi connectivity index (χ4v) is 2.59. The van der Waals surface area contributed by atoms with Gasteiger partial charge in [0.2, 0.25) is 5.88 Å². The molecule has 1 aliphatic heterocycles. The molecule has 0 aromatic carbocycles. The molecule has 2 N–H and O–H groups in total. The van der Waals surface area contributed by atoms with Crippen molar-refractivity contribution in [1.29, 1.82) is 0 Å². The normalized spacial score (nSPS) is 22.6. The molecule has 1 aromatic heterocycles. The van der Waals surface area contributed by atoms with E-state index in [-0.39, 0.29) is 18.1 Å². The number of carbonyl (C=O) groups excluding carboxylic acids is 1. The molecule has 2 unspecified atom stereocenters. The Balaban J connectivity index is 2.19. The fraction of sp³-hybridized carbons (Fsp3) is 0.571. The first-order valence-corrected chi connectivity index (χ1v) is 6.74. The van der Waals surface area contributed by atoms with Gasteiger partial charge in [-0.3, -0.25) is 4.79 Å². The molecule has 6 nitrogen and oxygen atoms in total. The quantitative estimate of drug-likeness (QED) is 0.876. The lowest BCUT2D eigenvalue weighted by molar-refractivity contribution is 0.0137. The van der Waals surface area contributed by atoms with E-state index in [4.69, 9.17) is 15.2 Å². The second-order valence-corrected chi connectivity index (χ2v) is 4.83. The highest BCUT2D eigenvalue weighted by molar-refractivity contribution is 5.96. The van der Waals surface area contributed by atoms with Crippen LogP contribution in [0, 0.1) is 0 Å². The van der Waals surface area contributed by atoms with Crippen LogP contribution in [0.1, 0.15) is 23.2 Å². The lowest BCUT2D eigenvalue weighted by Crippen LogP contribution is -2.51. The van der Waals surface area contributed by atoms with Crippen LogP contribution >= 0.6 is 0 Å². The van der Waals surface area contributed by atoms with Gasteiger partial charge in [0.15, 0.2) is 0 Å². The lowest BCUT2D eigenvalue weighted by Gasteiger charge is -2.38. The third kappa shape index (κ3) is 2.91. The molecule has 110 valence electrons. The Kier molecular flexibility index (Phi) is 4.92. The standard InChI is InChI=1S/C14H21N3O3/c1-19-11-5-7-17(10(8-11)9-15)14(18)12-4-3-6-16-13(12)20-2/h3-4,6,10-11H,5,7-9,15H2,1-2H3. The van der Waals surface area contributed by atoms with Gasteiger partial charge in [-0.2, -0.15) is 0 Å². The summed E-state index contributed by atoms with van der Waals surface area (Å²) in [6.07, 6.45) is 3.36. The summed E-state index contributed by atoms with van der Waals surface area (Å²) in [6.45, 7) is 1.06. The number of piperidine rings is 1. The van der Waals surface area contributed by atoms with Gasteiger partial charge in [0.25, 0.3) is 5.91 Å². The van der Waals surface area contributed by atoms with Gasteiger partial charge in [-0.05, 0) is 25.0 Å². The van der Waals surface area contributed by atoms with Gasteiger partial charge >= 0.3 is 0 Å². The highest BCUT2D eigenvalue weighted by Gasteiger charge is 2.32. The van der Waals surface area contributed by atoms with Crippen molar-refractivity contribution in [3.05, 3.63) is 23.9 Å². The fourth-order valence-electron chi connectivity index (χ4n) is 2.59. The van der Waals surface area contributed by atoms with Crippen LogP contribution in [0.2, 0.25) is 0 Å².